The summed E-state index contributed by atoms with van der Waals surface area (Å²) < 4.78 is 12.3. The van der Waals surface area contributed by atoms with Crippen LogP contribution in [0.1, 0.15) is 51.0 Å². The van der Waals surface area contributed by atoms with E-state index in [1.165, 1.54) is 11.1 Å². The maximum atomic E-state index is 12.3. The quantitative estimate of drug-likeness (QED) is 0.688. The van der Waals surface area contributed by atoms with E-state index < -0.39 is 10.8 Å². The van der Waals surface area contributed by atoms with Crippen molar-refractivity contribution in [3.63, 3.8) is 0 Å². The zero-order valence-electron chi connectivity index (χ0n) is 12.6. The molecular weight excluding hydrogens is 268 g/mol. The number of unbranched alkanes of at least 4 members (excludes halogenated alkanes) is 2. The van der Waals surface area contributed by atoms with Gasteiger partial charge in [-0.1, -0.05) is 36.6 Å². The molecule has 0 aliphatic rings. The highest BCUT2D eigenvalue weighted by atomic mass is 32.2. The molecule has 0 saturated carbocycles. The van der Waals surface area contributed by atoms with E-state index in [1.807, 2.05) is 36.6 Å². The van der Waals surface area contributed by atoms with E-state index in [0.29, 0.717) is 0 Å². The number of hydrogen-bond donors (Lipinski definition) is 1. The Morgan fingerprint density at radius 3 is 2.40 bits per heavy atom. The average Bonchev–Trinajstić information content (AvgIpc) is 2.45. The summed E-state index contributed by atoms with van der Waals surface area (Å²) in [5.74, 6) is 0. The summed E-state index contributed by atoms with van der Waals surface area (Å²) in [5.41, 5.74) is 2.45. The van der Waals surface area contributed by atoms with Crippen LogP contribution in [-0.2, 0) is 10.8 Å². The molecule has 0 bridgehead atoms. The largest absolute Gasteiger partial charge is 0.396 e. The van der Waals surface area contributed by atoms with Crippen molar-refractivity contribution in [1.82, 2.24) is 0 Å². The summed E-state index contributed by atoms with van der Waals surface area (Å²) in [6.45, 7) is 4.44. The lowest BCUT2D eigenvalue weighted by Gasteiger charge is -2.07. The van der Waals surface area contributed by atoms with Gasteiger partial charge >= 0.3 is 0 Å². The first-order chi connectivity index (χ1) is 9.67. The second-order valence-electron chi connectivity index (χ2n) is 5.17. The molecule has 1 aromatic rings. The van der Waals surface area contributed by atoms with Crippen LogP contribution in [0.5, 0.6) is 0 Å². The van der Waals surface area contributed by atoms with Gasteiger partial charge in [0.2, 0.25) is 0 Å². The summed E-state index contributed by atoms with van der Waals surface area (Å²) in [7, 11) is -1.06. The van der Waals surface area contributed by atoms with Gasteiger partial charge in [-0.15, -0.1) is 0 Å². The Bertz CT molecular complexity index is 435. The summed E-state index contributed by atoms with van der Waals surface area (Å²) >= 11 is 0. The molecule has 1 aromatic carbocycles. The van der Waals surface area contributed by atoms with E-state index in [9.17, 15) is 4.21 Å². The standard InChI is InChI=1S/C17H26O2S/c1-3-4-7-16(8-5-6-13-18)14-20(19)17-11-9-15(2)10-12-17/h9-12,14,18H,3-8,13H2,1-2H3/b16-14+/t20-/m1/s1. The minimum Gasteiger partial charge on any atom is -0.396 e. The Kier molecular flexibility index (Phi) is 8.47. The first-order valence-corrected chi connectivity index (χ1v) is 8.66. The molecule has 20 heavy (non-hydrogen) atoms. The topological polar surface area (TPSA) is 37.3 Å². The molecular formula is C17H26O2S. The van der Waals surface area contributed by atoms with Crippen LogP contribution >= 0.6 is 0 Å². The van der Waals surface area contributed by atoms with Gasteiger partial charge in [-0.2, -0.15) is 0 Å². The SMILES string of the molecule is CCCC/C(=C\[S@@](=O)c1ccc(C)cc1)CCCCO. The molecule has 1 N–H and O–H groups in total. The maximum absolute atomic E-state index is 12.3. The molecule has 1 rings (SSSR count). The Balaban J connectivity index is 2.71. The van der Waals surface area contributed by atoms with Crippen molar-refractivity contribution in [2.24, 2.45) is 0 Å². The van der Waals surface area contributed by atoms with E-state index in [2.05, 4.69) is 6.92 Å². The van der Waals surface area contributed by atoms with Crippen LogP contribution in [-0.4, -0.2) is 15.9 Å². The molecule has 0 aliphatic heterocycles. The Labute approximate surface area is 125 Å². The van der Waals surface area contributed by atoms with Gasteiger partial charge in [-0.3, -0.25) is 0 Å². The Morgan fingerprint density at radius 2 is 1.80 bits per heavy atom. The maximum Gasteiger partial charge on any atom is 0.0775 e. The van der Waals surface area contributed by atoms with Crippen molar-refractivity contribution in [3.8, 4) is 0 Å². The zero-order chi connectivity index (χ0) is 14.8. The van der Waals surface area contributed by atoms with E-state index in [4.69, 9.17) is 5.11 Å². The molecule has 0 amide bonds. The number of benzene rings is 1. The monoisotopic (exact) mass is 294 g/mol. The first-order valence-electron chi connectivity index (χ1n) is 7.45. The third-order valence-corrected chi connectivity index (χ3v) is 4.57. The lowest BCUT2D eigenvalue weighted by Crippen LogP contribution is -1.93. The second kappa shape index (κ2) is 9.89. The molecule has 0 radical (unpaired) electrons. The van der Waals surface area contributed by atoms with Crippen LogP contribution in [0.4, 0.5) is 0 Å². The smallest absolute Gasteiger partial charge is 0.0775 e. The fourth-order valence-corrected chi connectivity index (χ4v) is 3.08. The van der Waals surface area contributed by atoms with Gasteiger partial charge in [-0.05, 0) is 51.2 Å². The van der Waals surface area contributed by atoms with Gasteiger partial charge in [0.25, 0.3) is 0 Å². The van der Waals surface area contributed by atoms with Gasteiger partial charge in [0.05, 0.1) is 10.8 Å². The van der Waals surface area contributed by atoms with Crippen LogP contribution in [0.15, 0.2) is 40.1 Å². The van der Waals surface area contributed by atoms with Crippen LogP contribution in [0, 0.1) is 6.92 Å². The van der Waals surface area contributed by atoms with Crippen LogP contribution < -0.4 is 0 Å². The normalized spacial score (nSPS) is 13.4. The summed E-state index contributed by atoms with van der Waals surface area (Å²) in [6.07, 6.45) is 6.03. The molecule has 1 atom stereocenters. The molecule has 2 nitrogen and oxygen atoms in total. The molecule has 3 heteroatoms. The van der Waals surface area contributed by atoms with Gasteiger partial charge < -0.3 is 5.11 Å². The van der Waals surface area contributed by atoms with Crippen molar-refractivity contribution in [2.75, 3.05) is 6.61 Å². The minimum atomic E-state index is -1.06. The number of aliphatic hydroxyl groups excluding tert-OH is 1. The number of allylic oxidation sites excluding steroid dienone is 1. The Hall–Kier alpha value is -0.930. The first kappa shape index (κ1) is 17.1. The van der Waals surface area contributed by atoms with E-state index in [-0.39, 0.29) is 6.61 Å². The fraction of sp³-hybridized carbons (Fsp3) is 0.529. The number of aliphatic hydroxyl groups is 1. The minimum absolute atomic E-state index is 0.238. The van der Waals surface area contributed by atoms with Crippen LogP contribution in [0.3, 0.4) is 0 Å². The van der Waals surface area contributed by atoms with Crippen LogP contribution in [0.2, 0.25) is 0 Å². The van der Waals surface area contributed by atoms with Crippen LogP contribution in [0.25, 0.3) is 0 Å². The highest BCUT2D eigenvalue weighted by Crippen LogP contribution is 2.18. The molecule has 0 fully saturated rings. The van der Waals surface area contributed by atoms with Gasteiger partial charge in [-0.25, -0.2) is 4.21 Å². The molecule has 0 aromatic heterocycles. The third-order valence-electron chi connectivity index (χ3n) is 3.28. The highest BCUT2D eigenvalue weighted by Gasteiger charge is 2.04. The summed E-state index contributed by atoms with van der Waals surface area (Å²) in [4.78, 5) is 0.867. The van der Waals surface area contributed by atoms with Gasteiger partial charge in [0.15, 0.2) is 0 Å². The third kappa shape index (κ3) is 6.49. The summed E-state index contributed by atoms with van der Waals surface area (Å²) in [5, 5.41) is 10.8. The number of rotatable bonds is 9. The average molecular weight is 294 g/mol. The van der Waals surface area contributed by atoms with Crippen molar-refractivity contribution < 1.29 is 9.32 Å². The summed E-state index contributed by atoms with van der Waals surface area (Å²) in [6, 6.07) is 7.87. The number of aryl methyl sites for hydroxylation is 1. The fourth-order valence-electron chi connectivity index (χ4n) is 2.00. The molecule has 112 valence electrons. The van der Waals surface area contributed by atoms with Gasteiger partial charge in [0, 0.05) is 16.9 Å². The molecule has 0 unspecified atom stereocenters. The zero-order valence-corrected chi connectivity index (χ0v) is 13.4. The Morgan fingerprint density at radius 1 is 1.15 bits per heavy atom. The van der Waals surface area contributed by atoms with E-state index in [1.54, 1.807) is 0 Å². The number of hydrogen-bond acceptors (Lipinski definition) is 2. The lowest BCUT2D eigenvalue weighted by atomic mass is 10.0. The predicted octanol–water partition coefficient (Wildman–Crippen LogP) is 4.34. The van der Waals surface area contributed by atoms with Gasteiger partial charge in [0.1, 0.15) is 0 Å². The lowest BCUT2D eigenvalue weighted by molar-refractivity contribution is 0.284. The second-order valence-corrected chi connectivity index (χ2v) is 6.47. The predicted molar refractivity (Wildman–Crippen MR) is 86.1 cm³/mol. The molecule has 0 aliphatic carbocycles. The molecule has 0 heterocycles. The van der Waals surface area contributed by atoms with Crippen molar-refractivity contribution in [1.29, 1.82) is 0 Å². The molecule has 0 spiro atoms. The molecule has 0 saturated heterocycles. The van der Waals surface area contributed by atoms with E-state index in [0.717, 1.165) is 43.4 Å². The highest BCUT2D eigenvalue weighted by molar-refractivity contribution is 7.88. The van der Waals surface area contributed by atoms with E-state index >= 15 is 0 Å². The van der Waals surface area contributed by atoms with Crippen molar-refractivity contribution in [3.05, 3.63) is 40.8 Å². The van der Waals surface area contributed by atoms with Crippen molar-refractivity contribution >= 4 is 10.8 Å². The van der Waals surface area contributed by atoms with Crippen molar-refractivity contribution in [2.45, 2.75) is 57.3 Å².